The summed E-state index contributed by atoms with van der Waals surface area (Å²) in [5, 5.41) is 5.10. The van der Waals surface area contributed by atoms with Crippen LogP contribution in [0.5, 0.6) is 0 Å². The van der Waals surface area contributed by atoms with Crippen LogP contribution in [0.15, 0.2) is 17.2 Å². The maximum absolute atomic E-state index is 12.1. The number of aromatic nitrogens is 1. The van der Waals surface area contributed by atoms with Crippen LogP contribution in [0.25, 0.3) is 0 Å². The van der Waals surface area contributed by atoms with Crippen LogP contribution >= 0.6 is 0 Å². The van der Waals surface area contributed by atoms with Crippen molar-refractivity contribution in [2.24, 2.45) is 10.6 Å². The summed E-state index contributed by atoms with van der Waals surface area (Å²) >= 11 is 0. The third-order valence-electron chi connectivity index (χ3n) is 2.96. The number of esters is 1. The van der Waals surface area contributed by atoms with Gasteiger partial charge in [-0.05, 0) is 24.3 Å². The number of hydrogen-bond donors (Lipinski definition) is 1. The maximum atomic E-state index is 12.1. The minimum Gasteiger partial charge on any atom is -0.461 e. The summed E-state index contributed by atoms with van der Waals surface area (Å²) in [6.45, 7) is 8.92. The number of primary sulfonamides is 1. The van der Waals surface area contributed by atoms with Crippen molar-refractivity contribution in [2.45, 2.75) is 52.0 Å². The van der Waals surface area contributed by atoms with Gasteiger partial charge in [-0.1, -0.05) is 27.7 Å². The Morgan fingerprint density at radius 3 is 2.48 bits per heavy atom. The molecule has 0 aliphatic heterocycles. The monoisotopic (exact) mass is 316 g/mol. The molecule has 120 valence electrons. The summed E-state index contributed by atoms with van der Waals surface area (Å²) in [5.74, 6) is -0.525. The SMILES string of the molecule is CCCn1cc(S(N)(=O)=O)cc1C(=O)OCCC(C)(C)C. The number of rotatable bonds is 6. The highest BCUT2D eigenvalue weighted by Gasteiger charge is 2.20. The fraction of sp³-hybridized carbons (Fsp3) is 0.643. The predicted octanol–water partition coefficient (Wildman–Crippen LogP) is 2.14. The minimum absolute atomic E-state index is 0.0669. The van der Waals surface area contributed by atoms with Gasteiger partial charge in [0.25, 0.3) is 0 Å². The van der Waals surface area contributed by atoms with Gasteiger partial charge in [0.05, 0.1) is 6.61 Å². The summed E-state index contributed by atoms with van der Waals surface area (Å²) < 4.78 is 29.6. The first-order chi connectivity index (χ1) is 9.54. The highest BCUT2D eigenvalue weighted by Crippen LogP contribution is 2.19. The number of carbonyl (C=O) groups excluding carboxylic acids is 1. The van der Waals surface area contributed by atoms with Crippen molar-refractivity contribution in [3.63, 3.8) is 0 Å². The second kappa shape index (κ2) is 6.62. The number of sulfonamides is 1. The van der Waals surface area contributed by atoms with Crippen LogP contribution in [0.1, 0.15) is 51.0 Å². The van der Waals surface area contributed by atoms with Crippen molar-refractivity contribution in [3.05, 3.63) is 18.0 Å². The van der Waals surface area contributed by atoms with Gasteiger partial charge >= 0.3 is 5.97 Å². The van der Waals surface area contributed by atoms with E-state index in [9.17, 15) is 13.2 Å². The zero-order valence-corrected chi connectivity index (χ0v) is 13.9. The molecule has 1 aromatic heterocycles. The highest BCUT2D eigenvalue weighted by atomic mass is 32.2. The van der Waals surface area contributed by atoms with E-state index < -0.39 is 16.0 Å². The van der Waals surface area contributed by atoms with Gasteiger partial charge in [-0.25, -0.2) is 18.4 Å². The molecule has 6 nitrogen and oxygen atoms in total. The van der Waals surface area contributed by atoms with E-state index in [4.69, 9.17) is 9.88 Å². The standard InChI is InChI=1S/C14H24N2O4S/c1-5-7-16-10-11(21(15,18)19)9-12(16)13(17)20-8-6-14(2,3)4/h9-10H,5-8H2,1-4H3,(H2,15,18,19). The number of nitrogens with zero attached hydrogens (tertiary/aromatic N) is 1. The largest absolute Gasteiger partial charge is 0.461 e. The molecule has 0 aromatic carbocycles. The van der Waals surface area contributed by atoms with Gasteiger partial charge < -0.3 is 9.30 Å². The third-order valence-corrected chi connectivity index (χ3v) is 3.84. The number of hydrogen-bond acceptors (Lipinski definition) is 4. The van der Waals surface area contributed by atoms with Crippen molar-refractivity contribution in [3.8, 4) is 0 Å². The zero-order valence-electron chi connectivity index (χ0n) is 13.0. The van der Waals surface area contributed by atoms with Crippen LogP contribution in [0, 0.1) is 5.41 Å². The van der Waals surface area contributed by atoms with Crippen molar-refractivity contribution in [2.75, 3.05) is 6.61 Å². The molecule has 2 N–H and O–H groups in total. The number of aryl methyl sites for hydroxylation is 1. The molecule has 1 heterocycles. The molecule has 0 fully saturated rings. The molecule has 0 aliphatic carbocycles. The molecule has 0 unspecified atom stereocenters. The fourth-order valence-electron chi connectivity index (χ4n) is 1.76. The lowest BCUT2D eigenvalue weighted by molar-refractivity contribution is 0.0452. The molecule has 0 saturated heterocycles. The lowest BCUT2D eigenvalue weighted by Crippen LogP contribution is -2.16. The van der Waals surface area contributed by atoms with Gasteiger partial charge in [0.2, 0.25) is 10.0 Å². The van der Waals surface area contributed by atoms with E-state index in [2.05, 4.69) is 20.8 Å². The zero-order chi connectivity index (χ0) is 16.3. The molecule has 0 bridgehead atoms. The molecule has 1 rings (SSSR count). The lowest BCUT2D eigenvalue weighted by atomic mass is 9.93. The van der Waals surface area contributed by atoms with E-state index in [0.717, 1.165) is 12.8 Å². The molecule has 0 radical (unpaired) electrons. The average molecular weight is 316 g/mol. The second-order valence-electron chi connectivity index (χ2n) is 6.25. The Balaban J connectivity index is 2.89. The molecule has 0 spiro atoms. The number of carbonyl (C=O) groups is 1. The molecular weight excluding hydrogens is 292 g/mol. The first kappa shape index (κ1) is 17.7. The van der Waals surface area contributed by atoms with Crippen LogP contribution in [0.4, 0.5) is 0 Å². The Hall–Kier alpha value is -1.34. The molecule has 1 aromatic rings. The molecule has 7 heteroatoms. The normalized spacial score (nSPS) is 12.4. The summed E-state index contributed by atoms with van der Waals surface area (Å²) in [4.78, 5) is 12.0. The van der Waals surface area contributed by atoms with Crippen LogP contribution < -0.4 is 5.14 Å². The van der Waals surface area contributed by atoms with Crippen LogP contribution in [0.3, 0.4) is 0 Å². The first-order valence-corrected chi connectivity index (χ1v) is 8.49. The van der Waals surface area contributed by atoms with Gasteiger partial charge in [0.1, 0.15) is 10.6 Å². The van der Waals surface area contributed by atoms with E-state index in [-0.39, 0.29) is 16.0 Å². The molecule has 0 atom stereocenters. The second-order valence-corrected chi connectivity index (χ2v) is 7.81. The number of nitrogens with two attached hydrogens (primary N) is 1. The lowest BCUT2D eigenvalue weighted by Gasteiger charge is -2.17. The Morgan fingerprint density at radius 2 is 2.00 bits per heavy atom. The van der Waals surface area contributed by atoms with E-state index in [1.807, 2.05) is 6.92 Å². The van der Waals surface area contributed by atoms with Gasteiger partial charge in [-0.3, -0.25) is 0 Å². The Kier molecular flexibility index (Phi) is 5.58. The summed E-state index contributed by atoms with van der Waals surface area (Å²) in [6, 6.07) is 1.27. The van der Waals surface area contributed by atoms with Crippen LogP contribution in [0.2, 0.25) is 0 Å². The molecule has 0 aliphatic rings. The van der Waals surface area contributed by atoms with Crippen molar-refractivity contribution < 1.29 is 17.9 Å². The van der Waals surface area contributed by atoms with Crippen molar-refractivity contribution in [1.29, 1.82) is 0 Å². The summed E-state index contributed by atoms with van der Waals surface area (Å²) in [7, 11) is -3.83. The predicted molar refractivity (Wildman–Crippen MR) is 80.5 cm³/mol. The van der Waals surface area contributed by atoms with Crippen LogP contribution in [-0.4, -0.2) is 25.6 Å². The maximum Gasteiger partial charge on any atom is 0.354 e. The Labute approximate surface area is 126 Å². The van der Waals surface area contributed by atoms with E-state index in [0.29, 0.717) is 13.2 Å². The van der Waals surface area contributed by atoms with Crippen molar-refractivity contribution >= 4 is 16.0 Å². The highest BCUT2D eigenvalue weighted by molar-refractivity contribution is 7.89. The Morgan fingerprint density at radius 1 is 1.38 bits per heavy atom. The van der Waals surface area contributed by atoms with Gasteiger partial charge in [0.15, 0.2) is 0 Å². The molecular formula is C14H24N2O4S. The molecule has 0 amide bonds. The third kappa shape index (κ3) is 5.51. The summed E-state index contributed by atoms with van der Waals surface area (Å²) in [6.07, 6.45) is 2.87. The smallest absolute Gasteiger partial charge is 0.354 e. The van der Waals surface area contributed by atoms with Crippen LogP contribution in [-0.2, 0) is 21.3 Å². The van der Waals surface area contributed by atoms with E-state index >= 15 is 0 Å². The first-order valence-electron chi connectivity index (χ1n) is 6.94. The quantitative estimate of drug-likeness (QED) is 0.814. The summed E-state index contributed by atoms with van der Waals surface area (Å²) in [5.41, 5.74) is 0.284. The fourth-order valence-corrected chi connectivity index (χ4v) is 2.31. The topological polar surface area (TPSA) is 91.4 Å². The average Bonchev–Trinajstić information content (AvgIpc) is 2.71. The number of ether oxygens (including phenoxy) is 1. The van der Waals surface area contributed by atoms with E-state index in [1.54, 1.807) is 4.57 Å². The van der Waals surface area contributed by atoms with Crippen molar-refractivity contribution in [1.82, 2.24) is 4.57 Å². The molecule has 21 heavy (non-hydrogen) atoms. The Bertz CT molecular complexity index is 597. The van der Waals surface area contributed by atoms with Gasteiger partial charge in [-0.2, -0.15) is 0 Å². The van der Waals surface area contributed by atoms with Gasteiger partial charge in [-0.15, -0.1) is 0 Å². The van der Waals surface area contributed by atoms with E-state index in [1.165, 1.54) is 12.3 Å². The van der Waals surface area contributed by atoms with Gasteiger partial charge in [0, 0.05) is 12.7 Å². The molecule has 0 saturated carbocycles. The minimum atomic E-state index is -3.83.